The number of anilines is 1. The summed E-state index contributed by atoms with van der Waals surface area (Å²) in [6.07, 6.45) is -4.76. The van der Waals surface area contributed by atoms with Gasteiger partial charge in [-0.2, -0.15) is 13.2 Å². The Bertz CT molecular complexity index is 869. The molecule has 0 atom stereocenters. The van der Waals surface area contributed by atoms with Crippen LogP contribution in [0, 0.1) is 11.6 Å². The predicted octanol–water partition coefficient (Wildman–Crippen LogP) is 5.36. The molecule has 26 heavy (non-hydrogen) atoms. The second kappa shape index (κ2) is 7.58. The summed E-state index contributed by atoms with van der Waals surface area (Å²) in [5, 5.41) is 3.24. The number of benzene rings is 2. The molecule has 0 saturated carbocycles. The van der Waals surface area contributed by atoms with Crippen LogP contribution in [0.4, 0.5) is 32.4 Å². The Morgan fingerprint density at radius 2 is 1.65 bits per heavy atom. The first-order valence-corrected chi connectivity index (χ1v) is 7.80. The Morgan fingerprint density at radius 1 is 1.08 bits per heavy atom. The van der Waals surface area contributed by atoms with E-state index in [2.05, 4.69) is 15.9 Å². The lowest BCUT2D eigenvalue weighted by Crippen LogP contribution is -2.35. The summed E-state index contributed by atoms with van der Waals surface area (Å²) in [5.74, 6) is -3.83. The summed E-state index contributed by atoms with van der Waals surface area (Å²) < 4.78 is 65.2. The number of urea groups is 1. The maximum Gasteiger partial charge on any atom is 0.417 e. The third kappa shape index (κ3) is 4.50. The highest BCUT2D eigenvalue weighted by Gasteiger charge is 2.34. The van der Waals surface area contributed by atoms with Crippen LogP contribution in [-0.4, -0.2) is 11.9 Å². The van der Waals surface area contributed by atoms with Crippen molar-refractivity contribution in [1.82, 2.24) is 5.32 Å². The molecule has 2 rings (SSSR count). The van der Waals surface area contributed by atoms with Gasteiger partial charge in [0.15, 0.2) is 0 Å². The molecule has 0 aromatic heterocycles. The summed E-state index contributed by atoms with van der Waals surface area (Å²) in [4.78, 5) is 23.6. The molecule has 2 N–H and O–H groups in total. The third-order valence-electron chi connectivity index (χ3n) is 3.01. The molecule has 2 aromatic carbocycles. The van der Waals surface area contributed by atoms with Crippen LogP contribution in [0.1, 0.15) is 15.9 Å². The highest BCUT2D eigenvalue weighted by Crippen LogP contribution is 2.40. The minimum Gasteiger partial charge on any atom is -0.306 e. The van der Waals surface area contributed by atoms with E-state index in [4.69, 9.17) is 11.6 Å². The van der Waals surface area contributed by atoms with Gasteiger partial charge < -0.3 is 5.32 Å². The number of amides is 3. The van der Waals surface area contributed by atoms with Gasteiger partial charge >= 0.3 is 12.2 Å². The van der Waals surface area contributed by atoms with Crippen LogP contribution >= 0.6 is 27.5 Å². The zero-order valence-electron chi connectivity index (χ0n) is 12.3. The van der Waals surface area contributed by atoms with Crippen molar-refractivity contribution in [3.8, 4) is 0 Å². The maximum absolute atomic E-state index is 13.5. The molecule has 2 aromatic rings. The van der Waals surface area contributed by atoms with Gasteiger partial charge in [-0.3, -0.25) is 10.1 Å². The van der Waals surface area contributed by atoms with Crippen LogP contribution in [0.5, 0.6) is 0 Å². The van der Waals surface area contributed by atoms with E-state index in [0.29, 0.717) is 6.07 Å². The Hall–Kier alpha value is -2.20. The lowest BCUT2D eigenvalue weighted by Gasteiger charge is -2.14. The summed E-state index contributed by atoms with van der Waals surface area (Å²) in [5.41, 5.74) is -2.57. The molecular formula is C15H7BrClF5N2O2. The summed E-state index contributed by atoms with van der Waals surface area (Å²) in [7, 11) is 0. The largest absolute Gasteiger partial charge is 0.417 e. The van der Waals surface area contributed by atoms with Gasteiger partial charge in [0.2, 0.25) is 0 Å². The molecule has 4 nitrogen and oxygen atoms in total. The lowest BCUT2D eigenvalue weighted by molar-refractivity contribution is -0.138. The number of halogens is 7. The van der Waals surface area contributed by atoms with E-state index in [0.717, 1.165) is 24.3 Å². The average Bonchev–Trinajstić information content (AvgIpc) is 2.49. The number of alkyl halides is 3. The summed E-state index contributed by atoms with van der Waals surface area (Å²) in [6.45, 7) is 0. The normalized spacial score (nSPS) is 11.2. The second-order valence-electron chi connectivity index (χ2n) is 4.82. The Labute approximate surface area is 156 Å². The molecule has 3 amide bonds. The van der Waals surface area contributed by atoms with Crippen LogP contribution in [0.15, 0.2) is 34.8 Å². The molecule has 0 fully saturated rings. The minimum absolute atomic E-state index is 0.331. The van der Waals surface area contributed by atoms with Gasteiger partial charge in [-0.05, 0) is 40.2 Å². The Morgan fingerprint density at radius 3 is 2.19 bits per heavy atom. The standard InChI is InChI=1S/C15H7BrClF5N2O2/c16-12-7(15(20,21)22)4-6(17)5-10(12)23-14(26)24-13(25)11-8(18)2-1-3-9(11)19/h1-5H,(H2,23,24,25,26). The Balaban J connectivity index is 2.23. The van der Waals surface area contributed by atoms with E-state index in [1.54, 1.807) is 5.32 Å². The van der Waals surface area contributed by atoms with Crippen molar-refractivity contribution in [2.45, 2.75) is 6.18 Å². The molecule has 138 valence electrons. The molecule has 0 aliphatic carbocycles. The first-order chi connectivity index (χ1) is 12.0. The van der Waals surface area contributed by atoms with E-state index in [9.17, 15) is 31.5 Å². The number of carbonyl (C=O) groups excluding carboxylic acids is 2. The average molecular weight is 458 g/mol. The molecule has 0 bridgehead atoms. The van der Waals surface area contributed by atoms with Crippen molar-refractivity contribution >= 4 is 45.2 Å². The molecule has 0 aliphatic heterocycles. The number of rotatable bonds is 2. The van der Waals surface area contributed by atoms with E-state index < -0.39 is 51.0 Å². The van der Waals surface area contributed by atoms with Crippen LogP contribution in [-0.2, 0) is 6.18 Å². The quantitative estimate of drug-likeness (QED) is 0.597. The molecule has 0 spiro atoms. The van der Waals surface area contributed by atoms with Gasteiger partial charge in [0.25, 0.3) is 5.91 Å². The van der Waals surface area contributed by atoms with Crippen molar-refractivity contribution in [2.75, 3.05) is 5.32 Å². The number of nitrogens with one attached hydrogen (secondary N) is 2. The molecule has 0 unspecified atom stereocenters. The summed E-state index contributed by atoms with van der Waals surface area (Å²) in [6, 6.07) is 2.94. The van der Waals surface area contributed by atoms with E-state index >= 15 is 0 Å². The summed E-state index contributed by atoms with van der Waals surface area (Å²) >= 11 is 8.28. The number of hydrogen-bond donors (Lipinski definition) is 2. The van der Waals surface area contributed by atoms with E-state index in [1.807, 2.05) is 5.32 Å². The predicted molar refractivity (Wildman–Crippen MR) is 87.0 cm³/mol. The van der Waals surface area contributed by atoms with Crippen LogP contribution in [0.3, 0.4) is 0 Å². The fourth-order valence-corrected chi connectivity index (χ4v) is 2.69. The van der Waals surface area contributed by atoms with Crippen LogP contribution in [0.25, 0.3) is 0 Å². The van der Waals surface area contributed by atoms with Gasteiger partial charge in [-0.1, -0.05) is 17.7 Å². The number of carbonyl (C=O) groups is 2. The lowest BCUT2D eigenvalue weighted by atomic mass is 10.2. The van der Waals surface area contributed by atoms with Crippen molar-refractivity contribution in [3.05, 3.63) is 62.6 Å². The first kappa shape index (κ1) is 20.1. The zero-order chi connectivity index (χ0) is 19.6. The molecule has 0 aliphatic rings. The third-order valence-corrected chi connectivity index (χ3v) is 4.08. The monoisotopic (exact) mass is 456 g/mol. The Kier molecular flexibility index (Phi) is 5.87. The van der Waals surface area contributed by atoms with Gasteiger partial charge in [0, 0.05) is 5.02 Å². The van der Waals surface area contributed by atoms with Crippen LogP contribution < -0.4 is 10.6 Å². The van der Waals surface area contributed by atoms with Gasteiger partial charge in [-0.25, -0.2) is 13.6 Å². The fourth-order valence-electron chi connectivity index (χ4n) is 1.92. The topological polar surface area (TPSA) is 58.2 Å². The molecule has 0 saturated heterocycles. The van der Waals surface area contributed by atoms with Crippen molar-refractivity contribution in [1.29, 1.82) is 0 Å². The molecule has 0 radical (unpaired) electrons. The van der Waals surface area contributed by atoms with E-state index in [-0.39, 0.29) is 5.02 Å². The smallest absolute Gasteiger partial charge is 0.306 e. The molecule has 0 heterocycles. The maximum atomic E-state index is 13.5. The highest BCUT2D eigenvalue weighted by atomic mass is 79.9. The van der Waals surface area contributed by atoms with Crippen molar-refractivity contribution in [2.24, 2.45) is 0 Å². The van der Waals surface area contributed by atoms with Crippen molar-refractivity contribution < 1.29 is 31.5 Å². The van der Waals surface area contributed by atoms with E-state index in [1.165, 1.54) is 0 Å². The van der Waals surface area contributed by atoms with Gasteiger partial charge in [0.1, 0.15) is 17.2 Å². The highest BCUT2D eigenvalue weighted by molar-refractivity contribution is 9.10. The fraction of sp³-hybridized carbons (Fsp3) is 0.0667. The molecule has 11 heteroatoms. The second-order valence-corrected chi connectivity index (χ2v) is 6.05. The minimum atomic E-state index is -4.76. The van der Waals surface area contributed by atoms with Crippen LogP contribution in [0.2, 0.25) is 5.02 Å². The SMILES string of the molecule is O=C(NC(=O)c1c(F)cccc1F)Nc1cc(Cl)cc(C(F)(F)F)c1Br. The van der Waals surface area contributed by atoms with Gasteiger partial charge in [0.05, 0.1) is 15.7 Å². The molecular weight excluding hydrogens is 451 g/mol. The zero-order valence-corrected chi connectivity index (χ0v) is 14.7. The number of hydrogen-bond acceptors (Lipinski definition) is 2. The van der Waals surface area contributed by atoms with Gasteiger partial charge in [-0.15, -0.1) is 0 Å². The van der Waals surface area contributed by atoms with Crippen molar-refractivity contribution in [3.63, 3.8) is 0 Å². The number of imide groups is 1. The first-order valence-electron chi connectivity index (χ1n) is 6.63.